The van der Waals surface area contributed by atoms with Crippen molar-refractivity contribution < 1.29 is 14.3 Å². The maximum absolute atomic E-state index is 12.1. The van der Waals surface area contributed by atoms with E-state index in [4.69, 9.17) is 4.74 Å². The number of carbonyl (C=O) groups excluding carboxylic acids is 2. The van der Waals surface area contributed by atoms with E-state index in [-0.39, 0.29) is 18.6 Å². The molecule has 1 amide bonds. The quantitative estimate of drug-likeness (QED) is 0.843. The SMILES string of the molecule is Cc1ccc(-c2ccc(C(=O)OCC(=O)NC3CCCC3)cc2)cc1. The molecular weight excluding hydrogens is 314 g/mol. The maximum Gasteiger partial charge on any atom is 0.338 e. The largest absolute Gasteiger partial charge is 0.452 e. The van der Waals surface area contributed by atoms with Gasteiger partial charge in [-0.1, -0.05) is 54.8 Å². The van der Waals surface area contributed by atoms with Crippen LogP contribution in [0.1, 0.15) is 41.6 Å². The van der Waals surface area contributed by atoms with Crippen LogP contribution in [0.5, 0.6) is 0 Å². The molecule has 1 aliphatic rings. The monoisotopic (exact) mass is 337 g/mol. The molecule has 130 valence electrons. The number of nitrogens with one attached hydrogen (secondary N) is 1. The van der Waals surface area contributed by atoms with Crippen LogP contribution in [-0.4, -0.2) is 24.5 Å². The number of amides is 1. The van der Waals surface area contributed by atoms with Crippen molar-refractivity contribution in [2.24, 2.45) is 0 Å². The molecule has 0 saturated heterocycles. The maximum atomic E-state index is 12.1. The summed E-state index contributed by atoms with van der Waals surface area (Å²) in [5.74, 6) is -0.700. The van der Waals surface area contributed by atoms with Gasteiger partial charge in [-0.3, -0.25) is 4.79 Å². The summed E-state index contributed by atoms with van der Waals surface area (Å²) in [7, 11) is 0. The first-order chi connectivity index (χ1) is 12.1. The van der Waals surface area contributed by atoms with Crippen molar-refractivity contribution in [2.45, 2.75) is 38.6 Å². The molecule has 0 heterocycles. The summed E-state index contributed by atoms with van der Waals surface area (Å²) in [6, 6.07) is 15.7. The number of hydrogen-bond acceptors (Lipinski definition) is 3. The Morgan fingerprint density at radius 1 is 0.960 bits per heavy atom. The second-order valence-corrected chi connectivity index (χ2v) is 6.57. The molecule has 0 spiro atoms. The molecule has 4 nitrogen and oxygen atoms in total. The number of esters is 1. The first-order valence-electron chi connectivity index (χ1n) is 8.75. The fraction of sp³-hybridized carbons (Fsp3) is 0.333. The molecule has 1 saturated carbocycles. The molecule has 3 rings (SSSR count). The third-order valence-corrected chi connectivity index (χ3v) is 4.56. The zero-order chi connectivity index (χ0) is 17.6. The Morgan fingerprint density at radius 3 is 2.12 bits per heavy atom. The van der Waals surface area contributed by atoms with Gasteiger partial charge in [0.1, 0.15) is 0 Å². The van der Waals surface area contributed by atoms with Crippen LogP contribution in [0.4, 0.5) is 0 Å². The van der Waals surface area contributed by atoms with E-state index in [1.165, 1.54) is 5.56 Å². The highest BCUT2D eigenvalue weighted by molar-refractivity contribution is 5.91. The Morgan fingerprint density at radius 2 is 1.52 bits per heavy atom. The third kappa shape index (κ3) is 4.69. The van der Waals surface area contributed by atoms with Crippen molar-refractivity contribution in [3.63, 3.8) is 0 Å². The highest BCUT2D eigenvalue weighted by Crippen LogP contribution is 2.20. The minimum atomic E-state index is -0.475. The molecule has 1 aliphatic carbocycles. The summed E-state index contributed by atoms with van der Waals surface area (Å²) in [6.07, 6.45) is 4.33. The van der Waals surface area contributed by atoms with Crippen molar-refractivity contribution in [2.75, 3.05) is 6.61 Å². The van der Waals surface area contributed by atoms with Crippen LogP contribution >= 0.6 is 0 Å². The van der Waals surface area contributed by atoms with Gasteiger partial charge in [-0.05, 0) is 43.0 Å². The molecule has 0 atom stereocenters. The summed E-state index contributed by atoms with van der Waals surface area (Å²) in [5, 5.41) is 2.90. The predicted octanol–water partition coefficient (Wildman–Crippen LogP) is 3.88. The van der Waals surface area contributed by atoms with Gasteiger partial charge >= 0.3 is 5.97 Å². The van der Waals surface area contributed by atoms with Crippen molar-refractivity contribution in [3.8, 4) is 11.1 Å². The molecule has 2 aromatic rings. The Kier molecular flexibility index (Phi) is 5.49. The zero-order valence-electron chi connectivity index (χ0n) is 14.5. The number of carbonyl (C=O) groups is 2. The Balaban J connectivity index is 1.53. The number of hydrogen-bond donors (Lipinski definition) is 1. The van der Waals surface area contributed by atoms with Crippen molar-refractivity contribution in [1.82, 2.24) is 5.32 Å². The van der Waals surface area contributed by atoms with Gasteiger partial charge in [0.15, 0.2) is 6.61 Å². The van der Waals surface area contributed by atoms with Gasteiger partial charge in [0, 0.05) is 6.04 Å². The number of benzene rings is 2. The first kappa shape index (κ1) is 17.2. The van der Waals surface area contributed by atoms with Gasteiger partial charge in [0.05, 0.1) is 5.56 Å². The molecule has 4 heteroatoms. The van der Waals surface area contributed by atoms with Crippen LogP contribution in [0.2, 0.25) is 0 Å². The molecule has 0 radical (unpaired) electrons. The zero-order valence-corrected chi connectivity index (χ0v) is 14.5. The van der Waals surface area contributed by atoms with E-state index >= 15 is 0 Å². The second-order valence-electron chi connectivity index (χ2n) is 6.57. The number of ether oxygens (including phenoxy) is 1. The summed E-state index contributed by atoms with van der Waals surface area (Å²) in [4.78, 5) is 23.9. The molecule has 2 aromatic carbocycles. The van der Waals surface area contributed by atoms with E-state index in [2.05, 4.69) is 29.6 Å². The van der Waals surface area contributed by atoms with Crippen LogP contribution in [0.15, 0.2) is 48.5 Å². The minimum Gasteiger partial charge on any atom is -0.452 e. The molecular formula is C21H23NO3. The Hall–Kier alpha value is -2.62. The molecule has 1 fully saturated rings. The Bertz CT molecular complexity index is 729. The van der Waals surface area contributed by atoms with E-state index in [9.17, 15) is 9.59 Å². The van der Waals surface area contributed by atoms with Crippen LogP contribution < -0.4 is 5.32 Å². The molecule has 0 unspecified atom stereocenters. The van der Waals surface area contributed by atoms with Gasteiger partial charge in [-0.25, -0.2) is 4.79 Å². The summed E-state index contributed by atoms with van der Waals surface area (Å²) >= 11 is 0. The smallest absolute Gasteiger partial charge is 0.338 e. The first-order valence-corrected chi connectivity index (χ1v) is 8.75. The highest BCUT2D eigenvalue weighted by atomic mass is 16.5. The lowest BCUT2D eigenvalue weighted by molar-refractivity contribution is -0.124. The lowest BCUT2D eigenvalue weighted by Crippen LogP contribution is -2.35. The van der Waals surface area contributed by atoms with Gasteiger partial charge in [0.25, 0.3) is 5.91 Å². The van der Waals surface area contributed by atoms with E-state index in [1.54, 1.807) is 12.1 Å². The van der Waals surface area contributed by atoms with Gasteiger partial charge < -0.3 is 10.1 Å². The molecule has 1 N–H and O–H groups in total. The topological polar surface area (TPSA) is 55.4 Å². The molecule has 25 heavy (non-hydrogen) atoms. The summed E-state index contributed by atoms with van der Waals surface area (Å²) in [6.45, 7) is 1.82. The standard InChI is InChI=1S/C21H23NO3/c1-15-6-8-16(9-7-15)17-10-12-18(13-11-17)21(24)25-14-20(23)22-19-4-2-3-5-19/h6-13,19H,2-5,14H2,1H3,(H,22,23). The molecule has 0 aromatic heterocycles. The Labute approximate surface area is 148 Å². The van der Waals surface area contributed by atoms with E-state index < -0.39 is 5.97 Å². The van der Waals surface area contributed by atoms with E-state index in [0.29, 0.717) is 5.56 Å². The predicted molar refractivity (Wildman–Crippen MR) is 97.3 cm³/mol. The summed E-state index contributed by atoms with van der Waals surface area (Å²) in [5.41, 5.74) is 3.79. The normalized spacial score (nSPS) is 14.3. The van der Waals surface area contributed by atoms with E-state index in [1.807, 2.05) is 19.1 Å². The van der Waals surface area contributed by atoms with Crippen LogP contribution in [-0.2, 0) is 9.53 Å². The average Bonchev–Trinajstić information content (AvgIpc) is 3.13. The fourth-order valence-corrected chi connectivity index (χ4v) is 3.10. The van der Waals surface area contributed by atoms with Gasteiger partial charge in [-0.15, -0.1) is 0 Å². The van der Waals surface area contributed by atoms with Crippen LogP contribution in [0, 0.1) is 6.92 Å². The minimum absolute atomic E-state index is 0.225. The van der Waals surface area contributed by atoms with Gasteiger partial charge in [-0.2, -0.15) is 0 Å². The molecule has 0 aliphatic heterocycles. The number of rotatable bonds is 5. The third-order valence-electron chi connectivity index (χ3n) is 4.56. The van der Waals surface area contributed by atoms with Crippen molar-refractivity contribution in [1.29, 1.82) is 0 Å². The lowest BCUT2D eigenvalue weighted by atomic mass is 10.0. The van der Waals surface area contributed by atoms with Crippen molar-refractivity contribution in [3.05, 3.63) is 59.7 Å². The van der Waals surface area contributed by atoms with Gasteiger partial charge in [0.2, 0.25) is 0 Å². The van der Waals surface area contributed by atoms with Crippen LogP contribution in [0.25, 0.3) is 11.1 Å². The fourth-order valence-electron chi connectivity index (χ4n) is 3.10. The second kappa shape index (κ2) is 7.97. The summed E-state index contributed by atoms with van der Waals surface area (Å²) < 4.78 is 5.11. The lowest BCUT2D eigenvalue weighted by Gasteiger charge is -2.12. The van der Waals surface area contributed by atoms with Crippen molar-refractivity contribution >= 4 is 11.9 Å². The molecule has 0 bridgehead atoms. The highest BCUT2D eigenvalue weighted by Gasteiger charge is 2.18. The van der Waals surface area contributed by atoms with E-state index in [0.717, 1.165) is 36.8 Å². The van der Waals surface area contributed by atoms with Crippen LogP contribution in [0.3, 0.4) is 0 Å². The number of aryl methyl sites for hydroxylation is 1. The average molecular weight is 337 g/mol.